The van der Waals surface area contributed by atoms with Crippen LogP contribution in [0.1, 0.15) is 19.4 Å². The van der Waals surface area contributed by atoms with E-state index >= 15 is 0 Å². The highest BCUT2D eigenvalue weighted by Gasteiger charge is 2.15. The molecule has 4 rings (SSSR count). The number of aromatic nitrogens is 2. The van der Waals surface area contributed by atoms with E-state index in [-0.39, 0.29) is 5.56 Å². The van der Waals surface area contributed by atoms with Gasteiger partial charge in [0.05, 0.1) is 23.7 Å². The molecule has 0 aliphatic carbocycles. The van der Waals surface area contributed by atoms with Gasteiger partial charge in [0.15, 0.2) is 11.9 Å². The molecule has 0 saturated heterocycles. The zero-order valence-electron chi connectivity index (χ0n) is 18.3. The third kappa shape index (κ3) is 4.98. The van der Waals surface area contributed by atoms with Crippen LogP contribution in [0.2, 0.25) is 0 Å². The van der Waals surface area contributed by atoms with E-state index in [1.165, 1.54) is 4.68 Å². The first kappa shape index (κ1) is 22.0. The average Bonchev–Trinajstić information content (AvgIpc) is 2.85. The molecule has 0 fully saturated rings. The van der Waals surface area contributed by atoms with E-state index in [0.717, 1.165) is 11.1 Å². The van der Waals surface area contributed by atoms with Crippen molar-refractivity contribution >= 4 is 23.1 Å². The van der Waals surface area contributed by atoms with E-state index in [9.17, 15) is 9.59 Å². The van der Waals surface area contributed by atoms with Crippen LogP contribution in [0.15, 0.2) is 88.8 Å². The summed E-state index contributed by atoms with van der Waals surface area (Å²) in [5.74, 6) is 0.570. The zero-order valence-corrected chi connectivity index (χ0v) is 18.3. The number of esters is 1. The van der Waals surface area contributed by atoms with E-state index in [0.29, 0.717) is 29.1 Å². The maximum absolute atomic E-state index is 13.2. The maximum Gasteiger partial charge on any atom is 0.347 e. The Bertz CT molecular complexity index is 1350. The first-order valence-electron chi connectivity index (χ1n) is 10.6. The van der Waals surface area contributed by atoms with Gasteiger partial charge in [-0.1, -0.05) is 42.5 Å². The van der Waals surface area contributed by atoms with Gasteiger partial charge in [0.25, 0.3) is 5.56 Å². The molecule has 0 unspecified atom stereocenters. The Morgan fingerprint density at radius 3 is 2.45 bits per heavy atom. The Hall–Kier alpha value is -4.26. The van der Waals surface area contributed by atoms with Crippen molar-refractivity contribution in [2.45, 2.75) is 20.0 Å². The summed E-state index contributed by atoms with van der Waals surface area (Å²) in [4.78, 5) is 29.6. The standard InChI is InChI=1S/C26H23N3O4/c1-3-32-26(31)18(2)33-21-15-13-19(14-16-21)17-27-29-24(20-9-5-4-6-10-20)28-23-12-8-7-11-22(23)25(29)30/h4-18H,3H2,1-2H3/t18-/m0/s1. The number of carbonyl (C=O) groups excluding carboxylic acids is 1. The number of hydrogen-bond acceptors (Lipinski definition) is 6. The van der Waals surface area contributed by atoms with E-state index in [2.05, 4.69) is 10.1 Å². The number of nitrogens with zero attached hydrogens (tertiary/aromatic N) is 3. The monoisotopic (exact) mass is 441 g/mol. The summed E-state index contributed by atoms with van der Waals surface area (Å²) >= 11 is 0. The smallest absolute Gasteiger partial charge is 0.347 e. The number of fused-ring (bicyclic) bond motifs is 1. The second kappa shape index (κ2) is 9.91. The molecule has 0 N–H and O–H groups in total. The summed E-state index contributed by atoms with van der Waals surface area (Å²) in [5, 5.41) is 4.94. The molecular formula is C26H23N3O4. The molecule has 1 heterocycles. The minimum Gasteiger partial charge on any atom is -0.479 e. The van der Waals surface area contributed by atoms with Gasteiger partial charge in [-0.05, 0) is 55.8 Å². The number of hydrogen-bond donors (Lipinski definition) is 0. The predicted molar refractivity (Wildman–Crippen MR) is 128 cm³/mol. The van der Waals surface area contributed by atoms with Gasteiger partial charge in [-0.25, -0.2) is 9.78 Å². The largest absolute Gasteiger partial charge is 0.479 e. The van der Waals surface area contributed by atoms with Crippen LogP contribution in [0.25, 0.3) is 22.3 Å². The second-order valence-electron chi connectivity index (χ2n) is 7.26. The highest BCUT2D eigenvalue weighted by atomic mass is 16.6. The summed E-state index contributed by atoms with van der Waals surface area (Å²) < 4.78 is 11.9. The van der Waals surface area contributed by atoms with Crippen LogP contribution in [-0.4, -0.2) is 34.6 Å². The number of rotatable bonds is 7. The van der Waals surface area contributed by atoms with Crippen molar-refractivity contribution in [3.63, 3.8) is 0 Å². The molecule has 166 valence electrons. The van der Waals surface area contributed by atoms with Gasteiger partial charge in [-0.2, -0.15) is 9.78 Å². The van der Waals surface area contributed by atoms with Gasteiger partial charge in [-0.15, -0.1) is 0 Å². The summed E-state index contributed by atoms with van der Waals surface area (Å²) in [6, 6.07) is 23.7. The molecule has 0 spiro atoms. The van der Waals surface area contributed by atoms with Crippen molar-refractivity contribution in [1.82, 2.24) is 9.66 Å². The van der Waals surface area contributed by atoms with Crippen LogP contribution in [0.5, 0.6) is 5.75 Å². The maximum atomic E-state index is 13.2. The molecule has 0 amide bonds. The lowest BCUT2D eigenvalue weighted by atomic mass is 10.2. The molecular weight excluding hydrogens is 418 g/mol. The summed E-state index contributed by atoms with van der Waals surface area (Å²) in [5.41, 5.74) is 1.91. The number of benzene rings is 3. The number of para-hydroxylation sites is 1. The summed E-state index contributed by atoms with van der Waals surface area (Å²) in [7, 11) is 0. The Kier molecular flexibility index (Phi) is 6.59. The Labute approximate surface area is 190 Å². The fraction of sp³-hybridized carbons (Fsp3) is 0.154. The third-order valence-corrected chi connectivity index (χ3v) is 4.92. The van der Waals surface area contributed by atoms with Gasteiger partial charge in [-0.3, -0.25) is 4.79 Å². The van der Waals surface area contributed by atoms with Crippen molar-refractivity contribution < 1.29 is 14.3 Å². The van der Waals surface area contributed by atoms with Crippen molar-refractivity contribution in [3.05, 3.63) is 94.8 Å². The Morgan fingerprint density at radius 2 is 1.73 bits per heavy atom. The van der Waals surface area contributed by atoms with Gasteiger partial charge >= 0.3 is 5.97 Å². The minimum atomic E-state index is -0.708. The first-order chi connectivity index (χ1) is 16.1. The van der Waals surface area contributed by atoms with Gasteiger partial charge in [0, 0.05) is 5.56 Å². The van der Waals surface area contributed by atoms with Crippen LogP contribution in [0, 0.1) is 0 Å². The number of carbonyl (C=O) groups is 1. The SMILES string of the molecule is CCOC(=O)[C@H](C)Oc1ccc(C=Nn2c(-c3ccccc3)nc3ccccc3c2=O)cc1. The van der Waals surface area contributed by atoms with Gasteiger partial charge in [0.1, 0.15) is 5.75 Å². The quantitative estimate of drug-likeness (QED) is 0.316. The van der Waals surface area contributed by atoms with Crippen LogP contribution in [0.4, 0.5) is 0 Å². The fourth-order valence-corrected chi connectivity index (χ4v) is 3.27. The third-order valence-electron chi connectivity index (χ3n) is 4.92. The highest BCUT2D eigenvalue weighted by molar-refractivity contribution is 5.82. The van der Waals surface area contributed by atoms with Gasteiger partial charge < -0.3 is 9.47 Å². The zero-order chi connectivity index (χ0) is 23.2. The molecule has 33 heavy (non-hydrogen) atoms. The van der Waals surface area contributed by atoms with Crippen molar-refractivity contribution in [2.24, 2.45) is 5.10 Å². The molecule has 3 aromatic carbocycles. The Morgan fingerprint density at radius 1 is 1.03 bits per heavy atom. The minimum absolute atomic E-state index is 0.251. The molecule has 1 atom stereocenters. The van der Waals surface area contributed by atoms with Crippen LogP contribution in [0.3, 0.4) is 0 Å². The Balaban J connectivity index is 1.65. The fourth-order valence-electron chi connectivity index (χ4n) is 3.27. The molecule has 0 saturated carbocycles. The highest BCUT2D eigenvalue weighted by Crippen LogP contribution is 2.19. The normalized spacial score (nSPS) is 12.1. The molecule has 0 aliphatic rings. The lowest BCUT2D eigenvalue weighted by Gasteiger charge is -2.13. The van der Waals surface area contributed by atoms with Crippen LogP contribution in [-0.2, 0) is 9.53 Å². The van der Waals surface area contributed by atoms with E-state index in [4.69, 9.17) is 9.47 Å². The molecule has 1 aromatic heterocycles. The van der Waals surface area contributed by atoms with Crippen LogP contribution < -0.4 is 10.3 Å². The molecule has 0 aliphatic heterocycles. The lowest BCUT2D eigenvalue weighted by Crippen LogP contribution is -2.26. The molecule has 0 radical (unpaired) electrons. The lowest BCUT2D eigenvalue weighted by molar-refractivity contribution is -0.150. The van der Waals surface area contributed by atoms with E-state index < -0.39 is 12.1 Å². The summed E-state index contributed by atoms with van der Waals surface area (Å²) in [6.45, 7) is 3.69. The number of ether oxygens (including phenoxy) is 2. The van der Waals surface area contributed by atoms with Gasteiger partial charge in [0.2, 0.25) is 0 Å². The summed E-state index contributed by atoms with van der Waals surface area (Å²) in [6.07, 6.45) is 0.878. The predicted octanol–water partition coefficient (Wildman–Crippen LogP) is 4.28. The van der Waals surface area contributed by atoms with E-state index in [1.54, 1.807) is 56.5 Å². The van der Waals surface area contributed by atoms with Crippen molar-refractivity contribution in [3.8, 4) is 17.1 Å². The van der Waals surface area contributed by atoms with Crippen molar-refractivity contribution in [2.75, 3.05) is 6.61 Å². The van der Waals surface area contributed by atoms with Crippen LogP contribution >= 0.6 is 0 Å². The molecule has 4 aromatic rings. The van der Waals surface area contributed by atoms with E-state index in [1.807, 2.05) is 42.5 Å². The molecule has 0 bridgehead atoms. The first-order valence-corrected chi connectivity index (χ1v) is 10.6. The molecule has 7 nitrogen and oxygen atoms in total. The average molecular weight is 441 g/mol. The van der Waals surface area contributed by atoms with Crippen molar-refractivity contribution in [1.29, 1.82) is 0 Å². The molecule has 7 heteroatoms. The topological polar surface area (TPSA) is 82.8 Å². The second-order valence-corrected chi connectivity index (χ2v) is 7.26.